The van der Waals surface area contributed by atoms with Crippen LogP contribution in [0.1, 0.15) is 58.1 Å². The van der Waals surface area contributed by atoms with Gasteiger partial charge in [-0.15, -0.1) is 0 Å². The summed E-state index contributed by atoms with van der Waals surface area (Å²) in [5.41, 5.74) is 14.9. The fraction of sp³-hybridized carbons (Fsp3) is 0.343. The second-order valence-electron chi connectivity index (χ2n) is 11.2. The molecule has 2 aliphatic heterocycles. The standard InChI is InChI=1S/C35H37FN2O/c1-5-32-23(3)37-24(4)34(35(32)28-11-13-33-26(19-28)7-6-16-39-33)27-8-9-30-21-38(15-14-25(30)18-27)20-29-10-12-31(36)17-22(29)2/h8-13,17-19H,5-7,14-16,20-21H2,1-4H3. The van der Waals surface area contributed by atoms with Gasteiger partial charge in [0.2, 0.25) is 0 Å². The molecule has 1 aromatic heterocycles. The van der Waals surface area contributed by atoms with Crippen molar-refractivity contribution in [2.24, 2.45) is 0 Å². The average Bonchev–Trinajstić information content (AvgIpc) is 2.93. The van der Waals surface area contributed by atoms with Gasteiger partial charge in [-0.2, -0.15) is 0 Å². The van der Waals surface area contributed by atoms with Gasteiger partial charge < -0.3 is 4.74 Å². The van der Waals surface area contributed by atoms with E-state index in [1.807, 2.05) is 13.0 Å². The maximum atomic E-state index is 13.6. The lowest BCUT2D eigenvalue weighted by atomic mass is 9.85. The third-order valence-electron chi connectivity index (χ3n) is 8.52. The number of hydrogen-bond acceptors (Lipinski definition) is 3. The van der Waals surface area contributed by atoms with Gasteiger partial charge in [0.15, 0.2) is 0 Å². The van der Waals surface area contributed by atoms with E-state index in [2.05, 4.69) is 62.1 Å². The van der Waals surface area contributed by atoms with Gasteiger partial charge in [0.1, 0.15) is 11.6 Å². The molecule has 0 saturated heterocycles. The SMILES string of the molecule is CCc1c(C)nc(C)c(-c2ccc3c(c2)CCN(Cc2ccc(F)cc2C)C3)c1-c1ccc2c(c1)CCCO2. The lowest BCUT2D eigenvalue weighted by Gasteiger charge is -2.30. The maximum absolute atomic E-state index is 13.6. The highest BCUT2D eigenvalue weighted by Crippen LogP contribution is 2.41. The Bertz CT molecular complexity index is 1560. The van der Waals surface area contributed by atoms with Crippen molar-refractivity contribution < 1.29 is 9.13 Å². The Kier molecular flexibility index (Phi) is 6.99. The predicted octanol–water partition coefficient (Wildman–Crippen LogP) is 7.93. The summed E-state index contributed by atoms with van der Waals surface area (Å²) in [5, 5.41) is 0. The number of hydrogen-bond donors (Lipinski definition) is 0. The van der Waals surface area contributed by atoms with Crippen LogP contribution in [-0.2, 0) is 32.4 Å². The number of pyridine rings is 1. The number of benzene rings is 3. The molecule has 200 valence electrons. The smallest absolute Gasteiger partial charge is 0.123 e. The Hall–Kier alpha value is -3.50. The summed E-state index contributed by atoms with van der Waals surface area (Å²) in [7, 11) is 0. The van der Waals surface area contributed by atoms with Gasteiger partial charge in [-0.25, -0.2) is 4.39 Å². The van der Waals surface area contributed by atoms with Crippen molar-refractivity contribution in [1.82, 2.24) is 9.88 Å². The number of ether oxygens (including phenoxy) is 1. The molecule has 0 N–H and O–H groups in total. The normalized spacial score (nSPS) is 15.0. The molecule has 3 aromatic carbocycles. The van der Waals surface area contributed by atoms with E-state index >= 15 is 0 Å². The zero-order chi connectivity index (χ0) is 27.1. The largest absolute Gasteiger partial charge is 0.493 e. The Morgan fingerprint density at radius 3 is 2.46 bits per heavy atom. The van der Waals surface area contributed by atoms with E-state index in [4.69, 9.17) is 9.72 Å². The molecule has 39 heavy (non-hydrogen) atoms. The molecule has 0 bridgehead atoms. The molecular formula is C35H37FN2O. The maximum Gasteiger partial charge on any atom is 0.123 e. The molecule has 0 amide bonds. The zero-order valence-corrected chi connectivity index (χ0v) is 23.5. The van der Waals surface area contributed by atoms with Gasteiger partial charge in [0, 0.05) is 36.6 Å². The summed E-state index contributed by atoms with van der Waals surface area (Å²) < 4.78 is 19.5. The summed E-state index contributed by atoms with van der Waals surface area (Å²) in [6, 6.07) is 18.9. The molecule has 6 rings (SSSR count). The molecule has 0 saturated carbocycles. The number of rotatable bonds is 5. The predicted molar refractivity (Wildman–Crippen MR) is 157 cm³/mol. The van der Waals surface area contributed by atoms with Gasteiger partial charge in [-0.1, -0.05) is 37.3 Å². The van der Waals surface area contributed by atoms with Crippen LogP contribution >= 0.6 is 0 Å². The number of aryl methyl sites for hydroxylation is 4. The molecule has 4 aromatic rings. The molecule has 4 heteroatoms. The number of nitrogens with zero attached hydrogens (tertiary/aromatic N) is 2. The van der Waals surface area contributed by atoms with E-state index in [9.17, 15) is 4.39 Å². The van der Waals surface area contributed by atoms with Crippen LogP contribution in [-0.4, -0.2) is 23.0 Å². The van der Waals surface area contributed by atoms with Crippen LogP contribution in [0.15, 0.2) is 54.6 Å². The topological polar surface area (TPSA) is 25.4 Å². The average molecular weight is 521 g/mol. The Morgan fingerprint density at radius 1 is 0.846 bits per heavy atom. The molecule has 0 fully saturated rings. The van der Waals surface area contributed by atoms with Crippen LogP contribution in [0.2, 0.25) is 0 Å². The lowest BCUT2D eigenvalue weighted by molar-refractivity contribution is 0.245. The Balaban J connectivity index is 1.37. The van der Waals surface area contributed by atoms with Crippen molar-refractivity contribution in [3.8, 4) is 28.0 Å². The summed E-state index contributed by atoms with van der Waals surface area (Å²) in [4.78, 5) is 7.49. The van der Waals surface area contributed by atoms with Gasteiger partial charge in [-0.3, -0.25) is 9.88 Å². The molecule has 0 radical (unpaired) electrons. The van der Waals surface area contributed by atoms with Crippen LogP contribution in [0.3, 0.4) is 0 Å². The van der Waals surface area contributed by atoms with Crippen molar-refractivity contribution in [2.75, 3.05) is 13.2 Å². The van der Waals surface area contributed by atoms with Crippen LogP contribution in [0.25, 0.3) is 22.3 Å². The van der Waals surface area contributed by atoms with E-state index in [1.54, 1.807) is 12.1 Å². The number of fused-ring (bicyclic) bond motifs is 2. The third-order valence-corrected chi connectivity index (χ3v) is 8.52. The molecule has 0 aliphatic carbocycles. The van der Waals surface area contributed by atoms with Crippen molar-refractivity contribution in [1.29, 1.82) is 0 Å². The zero-order valence-electron chi connectivity index (χ0n) is 23.5. The van der Waals surface area contributed by atoms with Crippen LogP contribution in [0.5, 0.6) is 5.75 Å². The minimum absolute atomic E-state index is 0.164. The first-order chi connectivity index (χ1) is 18.9. The van der Waals surface area contributed by atoms with Gasteiger partial charge in [0.05, 0.1) is 6.61 Å². The first-order valence-electron chi connectivity index (χ1n) is 14.3. The summed E-state index contributed by atoms with van der Waals surface area (Å²) in [5.74, 6) is 0.865. The summed E-state index contributed by atoms with van der Waals surface area (Å²) in [6.45, 7) is 12.1. The first-order valence-corrected chi connectivity index (χ1v) is 14.3. The quantitative estimate of drug-likeness (QED) is 0.267. The van der Waals surface area contributed by atoms with E-state index in [-0.39, 0.29) is 5.82 Å². The second-order valence-corrected chi connectivity index (χ2v) is 11.2. The van der Waals surface area contributed by atoms with E-state index in [1.165, 1.54) is 50.1 Å². The molecule has 0 spiro atoms. The first kappa shape index (κ1) is 25.8. The highest BCUT2D eigenvalue weighted by Gasteiger charge is 2.23. The minimum atomic E-state index is -0.164. The van der Waals surface area contributed by atoms with Crippen molar-refractivity contribution >= 4 is 0 Å². The van der Waals surface area contributed by atoms with Crippen LogP contribution < -0.4 is 4.74 Å². The van der Waals surface area contributed by atoms with Crippen molar-refractivity contribution in [2.45, 2.75) is 66.5 Å². The molecular weight excluding hydrogens is 483 g/mol. The van der Waals surface area contributed by atoms with Crippen molar-refractivity contribution in [3.63, 3.8) is 0 Å². The van der Waals surface area contributed by atoms with Gasteiger partial charge >= 0.3 is 0 Å². The van der Waals surface area contributed by atoms with Gasteiger partial charge in [-0.05, 0) is 121 Å². The Morgan fingerprint density at radius 2 is 1.64 bits per heavy atom. The minimum Gasteiger partial charge on any atom is -0.493 e. The lowest BCUT2D eigenvalue weighted by Crippen LogP contribution is -2.30. The molecule has 0 atom stereocenters. The van der Waals surface area contributed by atoms with E-state index < -0.39 is 0 Å². The van der Waals surface area contributed by atoms with E-state index in [0.29, 0.717) is 0 Å². The molecule has 0 unspecified atom stereocenters. The molecule has 3 nitrogen and oxygen atoms in total. The third kappa shape index (κ3) is 4.98. The number of halogens is 1. The molecule has 2 aliphatic rings. The van der Waals surface area contributed by atoms with Gasteiger partial charge in [0.25, 0.3) is 0 Å². The highest BCUT2D eigenvalue weighted by atomic mass is 19.1. The fourth-order valence-electron chi connectivity index (χ4n) is 6.49. The van der Waals surface area contributed by atoms with Crippen LogP contribution in [0, 0.1) is 26.6 Å². The monoisotopic (exact) mass is 520 g/mol. The highest BCUT2D eigenvalue weighted by molar-refractivity contribution is 5.88. The second kappa shape index (κ2) is 10.6. The Labute approximate surface area is 231 Å². The summed E-state index contributed by atoms with van der Waals surface area (Å²) in [6.07, 6.45) is 4.09. The van der Waals surface area contributed by atoms with Crippen molar-refractivity contribution in [3.05, 3.63) is 105 Å². The fourth-order valence-corrected chi connectivity index (χ4v) is 6.49. The van der Waals surface area contributed by atoms with Crippen LogP contribution in [0.4, 0.5) is 4.39 Å². The van der Waals surface area contributed by atoms with E-state index in [0.717, 1.165) is 74.6 Å². The number of aromatic nitrogens is 1. The summed E-state index contributed by atoms with van der Waals surface area (Å²) >= 11 is 0. The molecule has 3 heterocycles.